The molecule has 2 unspecified atom stereocenters. The van der Waals surface area contributed by atoms with E-state index in [-0.39, 0.29) is 35.6 Å². The molecule has 0 aromatic heterocycles. The van der Waals surface area contributed by atoms with Crippen LogP contribution < -0.4 is 5.43 Å². The number of amides is 1. The number of nitrogens with zero attached hydrogens (tertiary/aromatic N) is 1. The number of carbonyl (C=O) groups is 1. The molecule has 0 saturated carbocycles. The molecule has 6 heteroatoms. The first-order valence-corrected chi connectivity index (χ1v) is 7.29. The summed E-state index contributed by atoms with van der Waals surface area (Å²) < 4.78 is 43.8. The minimum atomic E-state index is -2.49. The van der Waals surface area contributed by atoms with E-state index in [0.29, 0.717) is 0 Å². The summed E-state index contributed by atoms with van der Waals surface area (Å²) in [6.45, 7) is 1.44. The molecule has 1 aliphatic carbocycles. The summed E-state index contributed by atoms with van der Waals surface area (Å²) in [6.07, 6.45) is 2.59. The van der Waals surface area contributed by atoms with Gasteiger partial charge in [0, 0.05) is 18.8 Å². The Bertz CT molecular complexity index is 754. The molecule has 0 saturated heterocycles. The predicted octanol–water partition coefficient (Wildman–Crippen LogP) is 3.70. The minimum absolute atomic E-state index is 0.0394. The van der Waals surface area contributed by atoms with Crippen LogP contribution in [-0.2, 0) is 4.79 Å². The van der Waals surface area contributed by atoms with Crippen molar-refractivity contribution >= 4 is 11.6 Å². The maximum Gasteiger partial charge on any atom is 0.240 e. The van der Waals surface area contributed by atoms with Gasteiger partial charge < -0.3 is 0 Å². The second-order valence-electron chi connectivity index (χ2n) is 5.66. The first kappa shape index (κ1) is 15.5. The predicted molar refractivity (Wildman–Crippen MR) is 80.7 cm³/mol. The molecule has 3 nitrogen and oxygen atoms in total. The number of hydrogen-bond acceptors (Lipinski definition) is 2. The van der Waals surface area contributed by atoms with Crippen molar-refractivity contribution in [1.82, 2.24) is 5.43 Å². The van der Waals surface area contributed by atoms with Gasteiger partial charge in [0.25, 0.3) is 0 Å². The molecular formula is C17H15F3N2O. The van der Waals surface area contributed by atoms with Crippen LogP contribution in [0.5, 0.6) is 0 Å². The van der Waals surface area contributed by atoms with E-state index < -0.39 is 23.2 Å². The highest BCUT2D eigenvalue weighted by atomic mass is 19.2. The van der Waals surface area contributed by atoms with E-state index in [1.165, 1.54) is 19.1 Å². The molecule has 23 heavy (non-hydrogen) atoms. The van der Waals surface area contributed by atoms with E-state index in [1.54, 1.807) is 18.2 Å². The minimum Gasteiger partial charge on any atom is -0.273 e. The van der Waals surface area contributed by atoms with Crippen LogP contribution in [0.15, 0.2) is 52.9 Å². The van der Waals surface area contributed by atoms with Gasteiger partial charge in [-0.05, 0) is 30.2 Å². The van der Waals surface area contributed by atoms with Gasteiger partial charge in [-0.3, -0.25) is 4.79 Å². The lowest BCUT2D eigenvalue weighted by atomic mass is 9.79. The monoisotopic (exact) mass is 320 g/mol. The molecule has 2 aliphatic rings. The average molecular weight is 320 g/mol. The lowest BCUT2D eigenvalue weighted by Gasteiger charge is -2.31. The Morgan fingerprint density at radius 2 is 2.00 bits per heavy atom. The van der Waals surface area contributed by atoms with Gasteiger partial charge in [0.15, 0.2) is 0 Å². The van der Waals surface area contributed by atoms with E-state index in [4.69, 9.17) is 0 Å². The SMILES string of the molecule is CC1=C(F)C(F)(C2=NNC(=O)CC2)C=CC1c1ccccc1F. The summed E-state index contributed by atoms with van der Waals surface area (Å²) in [5.41, 5.74) is -0.0185. The number of nitrogens with one attached hydrogen (secondary N) is 1. The lowest BCUT2D eigenvalue weighted by Crippen LogP contribution is -2.40. The van der Waals surface area contributed by atoms with E-state index in [9.17, 15) is 13.6 Å². The molecule has 0 radical (unpaired) electrons. The van der Waals surface area contributed by atoms with Crippen molar-refractivity contribution < 1.29 is 18.0 Å². The zero-order valence-corrected chi connectivity index (χ0v) is 12.4. The number of allylic oxidation sites excluding steroid dienone is 4. The Morgan fingerprint density at radius 1 is 1.26 bits per heavy atom. The summed E-state index contributed by atoms with van der Waals surface area (Å²) in [6, 6.07) is 6.02. The molecule has 1 aliphatic heterocycles. The lowest BCUT2D eigenvalue weighted by molar-refractivity contribution is -0.121. The van der Waals surface area contributed by atoms with Crippen LogP contribution in [0.1, 0.15) is 31.2 Å². The van der Waals surface area contributed by atoms with Crippen LogP contribution in [0.2, 0.25) is 0 Å². The first-order valence-electron chi connectivity index (χ1n) is 7.29. The number of rotatable bonds is 2. The van der Waals surface area contributed by atoms with Gasteiger partial charge in [-0.25, -0.2) is 18.6 Å². The summed E-state index contributed by atoms with van der Waals surface area (Å²) >= 11 is 0. The Labute approximate surface area is 131 Å². The third kappa shape index (κ3) is 2.58. The fourth-order valence-electron chi connectivity index (χ4n) is 2.89. The first-order chi connectivity index (χ1) is 10.9. The van der Waals surface area contributed by atoms with Gasteiger partial charge in [0.2, 0.25) is 11.6 Å². The van der Waals surface area contributed by atoms with E-state index >= 15 is 4.39 Å². The average Bonchev–Trinajstić information content (AvgIpc) is 2.55. The van der Waals surface area contributed by atoms with Crippen molar-refractivity contribution in [2.75, 3.05) is 0 Å². The Balaban J connectivity index is 1.99. The number of halogens is 3. The smallest absolute Gasteiger partial charge is 0.240 e. The number of carbonyl (C=O) groups excluding carboxylic acids is 1. The van der Waals surface area contributed by atoms with Gasteiger partial charge in [0.1, 0.15) is 11.6 Å². The van der Waals surface area contributed by atoms with Crippen LogP contribution in [0.3, 0.4) is 0 Å². The third-order valence-corrected chi connectivity index (χ3v) is 4.22. The van der Waals surface area contributed by atoms with Crippen molar-refractivity contribution in [3.8, 4) is 0 Å². The number of alkyl halides is 1. The highest BCUT2D eigenvalue weighted by Gasteiger charge is 2.44. The second kappa shape index (κ2) is 5.68. The van der Waals surface area contributed by atoms with Crippen molar-refractivity contribution in [3.05, 3.63) is 59.2 Å². The number of hydrazone groups is 1. The molecule has 2 atom stereocenters. The molecule has 0 fully saturated rings. The van der Waals surface area contributed by atoms with Gasteiger partial charge in [-0.1, -0.05) is 24.3 Å². The number of benzene rings is 1. The van der Waals surface area contributed by atoms with E-state index in [1.807, 2.05) is 0 Å². The topological polar surface area (TPSA) is 41.5 Å². The number of hydrogen-bond donors (Lipinski definition) is 1. The summed E-state index contributed by atoms with van der Waals surface area (Å²) in [5, 5.41) is 3.65. The summed E-state index contributed by atoms with van der Waals surface area (Å²) in [5.74, 6) is -2.47. The van der Waals surface area contributed by atoms with E-state index in [2.05, 4.69) is 10.5 Å². The molecule has 120 valence electrons. The van der Waals surface area contributed by atoms with Crippen LogP contribution in [-0.4, -0.2) is 17.3 Å². The molecule has 3 rings (SSSR count). The highest BCUT2D eigenvalue weighted by molar-refractivity contribution is 6.01. The van der Waals surface area contributed by atoms with Crippen LogP contribution >= 0.6 is 0 Å². The quantitative estimate of drug-likeness (QED) is 0.830. The van der Waals surface area contributed by atoms with Crippen molar-refractivity contribution in [3.63, 3.8) is 0 Å². The fraction of sp³-hybridized carbons (Fsp3) is 0.294. The van der Waals surface area contributed by atoms with Crippen molar-refractivity contribution in [2.45, 2.75) is 31.4 Å². The molecule has 1 amide bonds. The molecule has 1 aromatic rings. The largest absolute Gasteiger partial charge is 0.273 e. The Hall–Kier alpha value is -2.37. The van der Waals surface area contributed by atoms with Crippen LogP contribution in [0.25, 0.3) is 0 Å². The summed E-state index contributed by atoms with van der Waals surface area (Å²) in [7, 11) is 0. The molecule has 1 N–H and O–H groups in total. The van der Waals surface area contributed by atoms with Gasteiger partial charge in [0.05, 0.1) is 5.71 Å². The van der Waals surface area contributed by atoms with Gasteiger partial charge in [-0.2, -0.15) is 5.10 Å². The van der Waals surface area contributed by atoms with Crippen molar-refractivity contribution in [2.24, 2.45) is 5.10 Å². The molecule has 1 heterocycles. The second-order valence-corrected chi connectivity index (χ2v) is 5.66. The normalized spacial score (nSPS) is 27.7. The Kier molecular flexibility index (Phi) is 3.83. The highest BCUT2D eigenvalue weighted by Crippen LogP contribution is 2.42. The van der Waals surface area contributed by atoms with Gasteiger partial charge >= 0.3 is 0 Å². The Morgan fingerprint density at radius 3 is 2.65 bits per heavy atom. The molecule has 1 aromatic carbocycles. The summed E-state index contributed by atoms with van der Waals surface area (Å²) in [4.78, 5) is 11.1. The standard InChI is InChI=1S/C17H15F3N2O/c1-10-11(12-4-2-3-5-13(12)18)8-9-17(20,16(10)19)14-6-7-15(23)22-21-14/h2-5,8-9,11H,6-7H2,1H3,(H,22,23). The maximum absolute atomic E-state index is 15.1. The molecule has 0 bridgehead atoms. The van der Waals surface area contributed by atoms with Crippen LogP contribution in [0, 0.1) is 5.82 Å². The molecule has 0 spiro atoms. The zero-order chi connectivity index (χ0) is 16.6. The van der Waals surface area contributed by atoms with Crippen LogP contribution in [0.4, 0.5) is 13.2 Å². The van der Waals surface area contributed by atoms with Gasteiger partial charge in [-0.15, -0.1) is 0 Å². The molecular weight excluding hydrogens is 305 g/mol. The van der Waals surface area contributed by atoms with E-state index in [0.717, 1.165) is 6.08 Å². The fourth-order valence-corrected chi connectivity index (χ4v) is 2.89. The maximum atomic E-state index is 15.1. The van der Waals surface area contributed by atoms with Crippen molar-refractivity contribution in [1.29, 1.82) is 0 Å². The zero-order valence-electron chi connectivity index (χ0n) is 12.4. The third-order valence-electron chi connectivity index (χ3n) is 4.22.